The van der Waals surface area contributed by atoms with Gasteiger partial charge in [0, 0.05) is 11.6 Å². The van der Waals surface area contributed by atoms with E-state index in [-0.39, 0.29) is 41.5 Å². The van der Waals surface area contributed by atoms with Crippen LogP contribution in [0.3, 0.4) is 0 Å². The molecule has 0 saturated heterocycles. The van der Waals surface area contributed by atoms with Crippen molar-refractivity contribution >= 4 is 29.9 Å². The van der Waals surface area contributed by atoms with Crippen molar-refractivity contribution in [2.45, 2.75) is 56.8 Å². The lowest BCUT2D eigenvalue weighted by Gasteiger charge is -2.25. The number of ether oxygens (including phenoxy) is 2. The number of halogens is 4. The van der Waals surface area contributed by atoms with Gasteiger partial charge in [-0.05, 0) is 73.1 Å². The molecule has 1 saturated carbocycles. The number of allylic oxidation sites excluding steroid dienone is 2. The molecule has 0 bridgehead atoms. The van der Waals surface area contributed by atoms with Crippen LogP contribution in [-0.4, -0.2) is 39.9 Å². The van der Waals surface area contributed by atoms with E-state index in [2.05, 4.69) is 9.97 Å². The Labute approximate surface area is 253 Å². The number of carboxylic acid groups (broad SMARTS) is 1. The van der Waals surface area contributed by atoms with Crippen molar-refractivity contribution in [2.75, 3.05) is 12.3 Å². The average molecular weight is 619 g/mol. The first-order valence-electron chi connectivity index (χ1n) is 13.9. The number of rotatable bonds is 11. The molecule has 2 aliphatic rings. The van der Waals surface area contributed by atoms with Crippen LogP contribution >= 0.6 is 12.4 Å². The molecular formula is C31H34ClF3N4O4. The van der Waals surface area contributed by atoms with Crippen molar-refractivity contribution in [1.29, 1.82) is 0 Å². The number of aromatic nitrogens is 2. The number of anilines is 1. The van der Waals surface area contributed by atoms with Gasteiger partial charge in [0.2, 0.25) is 17.9 Å². The maximum absolute atomic E-state index is 14.5. The zero-order valence-corrected chi connectivity index (χ0v) is 24.1. The van der Waals surface area contributed by atoms with Crippen molar-refractivity contribution in [3.63, 3.8) is 0 Å². The second kappa shape index (κ2) is 13.6. The van der Waals surface area contributed by atoms with Crippen LogP contribution in [0.2, 0.25) is 0 Å². The fourth-order valence-electron chi connectivity index (χ4n) is 5.07. The van der Waals surface area contributed by atoms with Crippen molar-refractivity contribution in [2.24, 2.45) is 17.6 Å². The topological polar surface area (TPSA) is 134 Å². The average Bonchev–Trinajstić information content (AvgIpc) is 3.79. The molecule has 1 heterocycles. The minimum atomic E-state index is -4.79. The van der Waals surface area contributed by atoms with Gasteiger partial charge in [0.15, 0.2) is 0 Å². The summed E-state index contributed by atoms with van der Waals surface area (Å²) in [4.78, 5) is 19.3. The van der Waals surface area contributed by atoms with Crippen molar-refractivity contribution in [3.05, 3.63) is 71.9 Å². The maximum Gasteiger partial charge on any atom is 0.429 e. The predicted molar refractivity (Wildman–Crippen MR) is 159 cm³/mol. The Kier molecular flexibility index (Phi) is 10.2. The first-order chi connectivity index (χ1) is 20.1. The summed E-state index contributed by atoms with van der Waals surface area (Å²) in [6.07, 6.45) is -1.19. The lowest BCUT2D eigenvalue weighted by molar-refractivity contribution is -0.199. The van der Waals surface area contributed by atoms with Gasteiger partial charge in [-0.1, -0.05) is 48.5 Å². The Morgan fingerprint density at radius 1 is 1.02 bits per heavy atom. The first kappa shape index (κ1) is 32.1. The number of benzene rings is 2. The summed E-state index contributed by atoms with van der Waals surface area (Å²) in [5.74, 6) is -1.06. The molecule has 0 radical (unpaired) electrons. The Bertz CT molecular complexity index is 1450. The van der Waals surface area contributed by atoms with E-state index >= 15 is 0 Å². The van der Waals surface area contributed by atoms with Gasteiger partial charge in [-0.3, -0.25) is 4.79 Å². The highest BCUT2D eigenvalue weighted by atomic mass is 35.5. The number of nitrogen functional groups attached to an aromatic ring is 1. The highest BCUT2D eigenvalue weighted by Gasteiger charge is 2.45. The molecule has 0 amide bonds. The number of alkyl halides is 3. The minimum Gasteiger partial charge on any atom is -0.493 e. The minimum absolute atomic E-state index is 0. The number of nitrogens with two attached hydrogens (primary N) is 2. The lowest BCUT2D eigenvalue weighted by Crippen LogP contribution is -2.32. The summed E-state index contributed by atoms with van der Waals surface area (Å²) in [6, 6.07) is 14.4. The Morgan fingerprint density at radius 2 is 1.77 bits per heavy atom. The molecule has 0 spiro atoms. The van der Waals surface area contributed by atoms with Crippen LogP contribution in [0.25, 0.3) is 16.7 Å². The number of hydrogen-bond donors (Lipinski definition) is 3. The Hall–Kier alpha value is -3.83. The van der Waals surface area contributed by atoms with Crippen LogP contribution in [-0.2, 0) is 4.79 Å². The third kappa shape index (κ3) is 8.39. The van der Waals surface area contributed by atoms with E-state index in [1.165, 1.54) is 12.1 Å². The van der Waals surface area contributed by atoms with Gasteiger partial charge in [-0.25, -0.2) is 4.98 Å². The van der Waals surface area contributed by atoms with Gasteiger partial charge in [0.05, 0.1) is 12.3 Å². The van der Waals surface area contributed by atoms with Crippen LogP contribution in [0.1, 0.15) is 55.9 Å². The summed E-state index contributed by atoms with van der Waals surface area (Å²) < 4.78 is 55.1. The number of nitrogens with zero attached hydrogens (tertiary/aromatic N) is 2. The molecule has 3 atom stereocenters. The number of carbonyl (C=O) groups is 1. The highest BCUT2D eigenvalue weighted by molar-refractivity contribution is 5.85. The second-order valence-electron chi connectivity index (χ2n) is 10.9. The molecule has 1 aromatic heterocycles. The van der Waals surface area contributed by atoms with Gasteiger partial charge >= 0.3 is 12.1 Å². The van der Waals surface area contributed by atoms with Crippen LogP contribution in [0.4, 0.5) is 19.1 Å². The predicted octanol–water partition coefficient (Wildman–Crippen LogP) is 6.60. The van der Waals surface area contributed by atoms with Gasteiger partial charge in [-0.15, -0.1) is 12.4 Å². The Balaban J connectivity index is 0.00000423. The van der Waals surface area contributed by atoms with E-state index in [4.69, 9.17) is 26.0 Å². The van der Waals surface area contributed by atoms with E-state index < -0.39 is 24.3 Å². The standard InChI is InChI=1S/C31H33F3N4O4.ClH/c32-31(33,34)28(23-13-12-22(20-4-2-1-3-5-20)15-26(23)41-17-19-6-7-19)42-27-16-25(37-30(36)38-27)21-10-8-18(9-11-21)14-24(35)29(39)40;/h1-5,10,12-13,15-16,18-19,24,28H,6-9,11,14,17,35H2,(H,39,40)(H2,36,37,38);1H. The fourth-order valence-corrected chi connectivity index (χ4v) is 5.07. The van der Waals surface area contributed by atoms with E-state index in [1.807, 2.05) is 36.4 Å². The van der Waals surface area contributed by atoms with Gasteiger partial charge < -0.3 is 26.0 Å². The van der Waals surface area contributed by atoms with Crippen LogP contribution in [0, 0.1) is 11.8 Å². The third-order valence-corrected chi connectivity index (χ3v) is 7.58. The molecular weight excluding hydrogens is 585 g/mol. The molecule has 43 heavy (non-hydrogen) atoms. The van der Waals surface area contributed by atoms with Crippen LogP contribution in [0.15, 0.2) is 60.7 Å². The molecule has 8 nitrogen and oxygen atoms in total. The van der Waals surface area contributed by atoms with E-state index in [9.17, 15) is 18.0 Å². The lowest BCUT2D eigenvalue weighted by atomic mass is 9.84. The molecule has 12 heteroatoms. The second-order valence-corrected chi connectivity index (χ2v) is 10.9. The Morgan fingerprint density at radius 3 is 2.40 bits per heavy atom. The van der Waals surface area contributed by atoms with Gasteiger partial charge in [0.1, 0.15) is 11.8 Å². The quantitative estimate of drug-likeness (QED) is 0.219. The van der Waals surface area contributed by atoms with E-state index in [0.29, 0.717) is 43.9 Å². The zero-order valence-electron chi connectivity index (χ0n) is 23.3. The SMILES string of the molecule is Cl.Nc1nc(OC(c2ccc(-c3ccccc3)cc2OCC2CC2)C(F)(F)F)cc(C2=CCC(CC(N)C(=O)O)CC2)n1. The summed E-state index contributed by atoms with van der Waals surface area (Å²) in [5, 5.41) is 9.08. The van der Waals surface area contributed by atoms with E-state index in [0.717, 1.165) is 29.5 Å². The number of aliphatic carboxylic acids is 1. The highest BCUT2D eigenvalue weighted by Crippen LogP contribution is 2.43. The van der Waals surface area contributed by atoms with Gasteiger partial charge in [0.25, 0.3) is 0 Å². The molecule has 3 unspecified atom stereocenters. The number of hydrogen-bond acceptors (Lipinski definition) is 7. The molecule has 2 aliphatic carbocycles. The third-order valence-electron chi connectivity index (χ3n) is 7.58. The summed E-state index contributed by atoms with van der Waals surface area (Å²) in [5.41, 5.74) is 14.1. The zero-order chi connectivity index (χ0) is 29.9. The maximum atomic E-state index is 14.5. The smallest absolute Gasteiger partial charge is 0.429 e. The molecule has 5 N–H and O–H groups in total. The van der Waals surface area contributed by atoms with Crippen LogP contribution < -0.4 is 20.9 Å². The van der Waals surface area contributed by atoms with Crippen molar-refractivity contribution < 1.29 is 32.5 Å². The molecule has 230 valence electrons. The summed E-state index contributed by atoms with van der Waals surface area (Å²) >= 11 is 0. The summed E-state index contributed by atoms with van der Waals surface area (Å²) in [7, 11) is 0. The number of carboxylic acids is 1. The molecule has 5 rings (SSSR count). The first-order valence-corrected chi connectivity index (χ1v) is 13.9. The van der Waals surface area contributed by atoms with Crippen molar-refractivity contribution in [3.8, 4) is 22.8 Å². The van der Waals surface area contributed by atoms with Gasteiger partial charge in [-0.2, -0.15) is 18.2 Å². The molecule has 3 aromatic rings. The van der Waals surface area contributed by atoms with E-state index in [1.54, 1.807) is 12.1 Å². The molecule has 1 fully saturated rings. The molecule has 0 aliphatic heterocycles. The largest absolute Gasteiger partial charge is 0.493 e. The fraction of sp³-hybridized carbons (Fsp3) is 0.387. The molecule has 2 aromatic carbocycles. The van der Waals surface area contributed by atoms with Crippen LogP contribution in [0.5, 0.6) is 11.6 Å². The monoisotopic (exact) mass is 618 g/mol. The summed E-state index contributed by atoms with van der Waals surface area (Å²) in [6.45, 7) is 0.326. The normalized spacial score (nSPS) is 18.1. The van der Waals surface area contributed by atoms with Crippen molar-refractivity contribution in [1.82, 2.24) is 9.97 Å².